The van der Waals surface area contributed by atoms with E-state index in [-0.39, 0.29) is 31.0 Å². The molecule has 7 heteroatoms. The lowest BCUT2D eigenvalue weighted by molar-refractivity contribution is -0.143. The summed E-state index contributed by atoms with van der Waals surface area (Å²) in [5, 5.41) is 3.47. The molecule has 0 heterocycles. The molecule has 3 aromatic rings. The molecule has 0 saturated carbocycles. The predicted octanol–water partition coefficient (Wildman–Crippen LogP) is 6.34. The Labute approximate surface area is 226 Å². The van der Waals surface area contributed by atoms with Crippen molar-refractivity contribution in [2.24, 2.45) is 0 Å². The van der Waals surface area contributed by atoms with Crippen LogP contribution in [0.15, 0.2) is 77.3 Å². The van der Waals surface area contributed by atoms with Gasteiger partial charge in [0.15, 0.2) is 6.61 Å². The van der Waals surface area contributed by atoms with Crippen LogP contribution < -0.4 is 10.1 Å². The lowest BCUT2D eigenvalue weighted by atomic mass is 10.0. The SMILES string of the molecule is CC[C@@H](C)NC(=O)[C@H](Cc1ccccc1)N(Cc1ccc(C)cc1)C(=O)COc1ccc(Br)cc1Cl. The Bertz CT molecular complexity index is 1150. The fourth-order valence-corrected chi connectivity index (χ4v) is 4.43. The van der Waals surface area contributed by atoms with Crippen molar-refractivity contribution in [3.63, 3.8) is 0 Å². The van der Waals surface area contributed by atoms with Crippen LogP contribution in [0.1, 0.15) is 37.0 Å². The van der Waals surface area contributed by atoms with Crippen LogP contribution in [0.25, 0.3) is 0 Å². The first kappa shape index (κ1) is 27.8. The van der Waals surface area contributed by atoms with Crippen LogP contribution in [0, 0.1) is 6.92 Å². The number of nitrogens with zero attached hydrogens (tertiary/aromatic N) is 1. The van der Waals surface area contributed by atoms with Crippen molar-refractivity contribution in [1.82, 2.24) is 10.2 Å². The van der Waals surface area contributed by atoms with Gasteiger partial charge in [0, 0.05) is 23.5 Å². The molecule has 0 radical (unpaired) electrons. The van der Waals surface area contributed by atoms with Crippen molar-refractivity contribution in [3.05, 3.63) is 99.0 Å². The zero-order chi connectivity index (χ0) is 26.1. The van der Waals surface area contributed by atoms with Gasteiger partial charge in [-0.2, -0.15) is 0 Å². The molecule has 5 nitrogen and oxygen atoms in total. The van der Waals surface area contributed by atoms with E-state index >= 15 is 0 Å². The van der Waals surface area contributed by atoms with Crippen molar-refractivity contribution >= 4 is 39.3 Å². The molecule has 0 aliphatic rings. The Hall–Kier alpha value is -2.83. The maximum absolute atomic E-state index is 13.6. The van der Waals surface area contributed by atoms with E-state index in [1.165, 1.54) is 0 Å². The summed E-state index contributed by atoms with van der Waals surface area (Å²) >= 11 is 9.66. The predicted molar refractivity (Wildman–Crippen MR) is 148 cm³/mol. The summed E-state index contributed by atoms with van der Waals surface area (Å²) in [6.07, 6.45) is 1.18. The van der Waals surface area contributed by atoms with E-state index in [1.807, 2.05) is 75.4 Å². The number of carbonyl (C=O) groups is 2. The maximum Gasteiger partial charge on any atom is 0.261 e. The van der Waals surface area contributed by atoms with Crippen molar-refractivity contribution in [2.45, 2.75) is 52.2 Å². The van der Waals surface area contributed by atoms with Crippen molar-refractivity contribution in [2.75, 3.05) is 6.61 Å². The molecule has 36 heavy (non-hydrogen) atoms. The van der Waals surface area contributed by atoms with Gasteiger partial charge in [-0.3, -0.25) is 9.59 Å². The van der Waals surface area contributed by atoms with Crippen LogP contribution >= 0.6 is 27.5 Å². The van der Waals surface area contributed by atoms with Gasteiger partial charge in [-0.05, 0) is 49.6 Å². The molecular weight excluding hydrogens is 540 g/mol. The highest BCUT2D eigenvalue weighted by atomic mass is 79.9. The Morgan fingerprint density at radius 2 is 1.72 bits per heavy atom. The number of nitrogens with one attached hydrogen (secondary N) is 1. The molecule has 0 aromatic heterocycles. The van der Waals surface area contributed by atoms with Crippen molar-refractivity contribution in [1.29, 1.82) is 0 Å². The Kier molecular flexibility index (Phi) is 10.4. The van der Waals surface area contributed by atoms with Crippen molar-refractivity contribution < 1.29 is 14.3 Å². The minimum Gasteiger partial charge on any atom is -0.482 e. The molecule has 0 bridgehead atoms. The van der Waals surface area contributed by atoms with E-state index in [1.54, 1.807) is 23.1 Å². The highest BCUT2D eigenvalue weighted by Gasteiger charge is 2.31. The average molecular weight is 572 g/mol. The second-order valence-corrected chi connectivity index (χ2v) is 10.2. The summed E-state index contributed by atoms with van der Waals surface area (Å²) in [7, 11) is 0. The van der Waals surface area contributed by atoms with E-state index in [2.05, 4.69) is 21.2 Å². The van der Waals surface area contributed by atoms with Crippen LogP contribution in [-0.2, 0) is 22.6 Å². The number of halogens is 2. The highest BCUT2D eigenvalue weighted by molar-refractivity contribution is 9.10. The molecule has 190 valence electrons. The van der Waals surface area contributed by atoms with Gasteiger partial charge in [0.1, 0.15) is 11.8 Å². The van der Waals surface area contributed by atoms with Gasteiger partial charge in [-0.25, -0.2) is 0 Å². The molecule has 0 spiro atoms. The molecule has 0 aliphatic heterocycles. The third-order valence-electron chi connectivity index (χ3n) is 5.99. The summed E-state index contributed by atoms with van der Waals surface area (Å²) in [5.74, 6) is -0.0719. The second-order valence-electron chi connectivity index (χ2n) is 8.89. The molecule has 0 unspecified atom stereocenters. The number of hydrogen-bond donors (Lipinski definition) is 1. The lowest BCUT2D eigenvalue weighted by Gasteiger charge is -2.32. The van der Waals surface area contributed by atoms with Crippen LogP contribution in [0.2, 0.25) is 5.02 Å². The van der Waals surface area contributed by atoms with Gasteiger partial charge in [-0.15, -0.1) is 0 Å². The highest BCUT2D eigenvalue weighted by Crippen LogP contribution is 2.28. The standard InChI is InChI=1S/C29H32BrClN2O3/c1-4-21(3)32-29(35)26(16-22-8-6-5-7-9-22)33(18-23-12-10-20(2)11-13-23)28(34)19-36-27-15-14-24(30)17-25(27)31/h5-15,17,21,26H,4,16,18-19H2,1-3H3,(H,32,35)/t21-,26+/m1/s1. The molecule has 0 saturated heterocycles. The topological polar surface area (TPSA) is 58.6 Å². The molecule has 2 atom stereocenters. The first-order chi connectivity index (χ1) is 17.3. The van der Waals surface area contributed by atoms with E-state index in [0.717, 1.165) is 27.6 Å². The summed E-state index contributed by atoms with van der Waals surface area (Å²) in [5.41, 5.74) is 3.03. The van der Waals surface area contributed by atoms with Crippen molar-refractivity contribution in [3.8, 4) is 5.75 Å². The number of carbonyl (C=O) groups excluding carboxylic acids is 2. The molecule has 0 fully saturated rings. The maximum atomic E-state index is 13.6. The fraction of sp³-hybridized carbons (Fsp3) is 0.310. The number of ether oxygens (including phenoxy) is 1. The largest absolute Gasteiger partial charge is 0.482 e. The second kappa shape index (κ2) is 13.5. The molecule has 0 aliphatic carbocycles. The van der Waals surface area contributed by atoms with E-state index in [9.17, 15) is 9.59 Å². The first-order valence-electron chi connectivity index (χ1n) is 12.0. The Morgan fingerprint density at radius 1 is 1.03 bits per heavy atom. The summed E-state index contributed by atoms with van der Waals surface area (Å²) in [6.45, 7) is 6.03. The number of hydrogen-bond acceptors (Lipinski definition) is 3. The van der Waals surface area contributed by atoms with Gasteiger partial charge in [-0.1, -0.05) is 94.6 Å². The Balaban J connectivity index is 1.91. The summed E-state index contributed by atoms with van der Waals surface area (Å²) in [6, 6.07) is 22.2. The van der Waals surface area contributed by atoms with E-state index < -0.39 is 6.04 Å². The van der Waals surface area contributed by atoms with Gasteiger partial charge in [0.2, 0.25) is 5.91 Å². The lowest BCUT2D eigenvalue weighted by Crippen LogP contribution is -2.53. The zero-order valence-corrected chi connectivity index (χ0v) is 23.2. The molecule has 3 rings (SSSR count). The number of rotatable bonds is 11. The van der Waals surface area contributed by atoms with Gasteiger partial charge >= 0.3 is 0 Å². The van der Waals surface area contributed by atoms with Gasteiger partial charge in [0.05, 0.1) is 5.02 Å². The van der Waals surface area contributed by atoms with Crippen LogP contribution in [0.4, 0.5) is 0 Å². The van der Waals surface area contributed by atoms with Gasteiger partial charge < -0.3 is 15.0 Å². The fourth-order valence-electron chi connectivity index (χ4n) is 3.70. The monoisotopic (exact) mass is 570 g/mol. The molecule has 1 N–H and O–H groups in total. The van der Waals surface area contributed by atoms with Crippen LogP contribution in [0.3, 0.4) is 0 Å². The summed E-state index contributed by atoms with van der Waals surface area (Å²) in [4.78, 5) is 28.7. The third kappa shape index (κ3) is 8.10. The Morgan fingerprint density at radius 3 is 2.36 bits per heavy atom. The van der Waals surface area contributed by atoms with E-state index in [0.29, 0.717) is 17.2 Å². The van der Waals surface area contributed by atoms with Gasteiger partial charge in [0.25, 0.3) is 5.91 Å². The number of aryl methyl sites for hydroxylation is 1. The zero-order valence-electron chi connectivity index (χ0n) is 20.8. The quantitative estimate of drug-likeness (QED) is 0.292. The molecule has 2 amide bonds. The molecule has 3 aromatic carbocycles. The first-order valence-corrected chi connectivity index (χ1v) is 13.2. The van der Waals surface area contributed by atoms with E-state index in [4.69, 9.17) is 16.3 Å². The average Bonchev–Trinajstić information content (AvgIpc) is 2.87. The summed E-state index contributed by atoms with van der Waals surface area (Å²) < 4.78 is 6.61. The minimum absolute atomic E-state index is 0.00933. The normalized spacial score (nSPS) is 12.5. The number of benzene rings is 3. The third-order valence-corrected chi connectivity index (χ3v) is 6.78. The smallest absolute Gasteiger partial charge is 0.261 e. The molecular formula is C29H32BrClN2O3. The van der Waals surface area contributed by atoms with Crippen LogP contribution in [-0.4, -0.2) is 35.4 Å². The number of amides is 2. The van der Waals surface area contributed by atoms with Crippen LogP contribution in [0.5, 0.6) is 5.75 Å². The minimum atomic E-state index is -0.709.